The molecule has 0 N–H and O–H groups in total. The van der Waals surface area contributed by atoms with Gasteiger partial charge in [-0.25, -0.2) is 4.79 Å². The lowest BCUT2D eigenvalue weighted by atomic mass is 10.0. The Morgan fingerprint density at radius 2 is 1.62 bits per heavy atom. The van der Waals surface area contributed by atoms with Gasteiger partial charge in [-0.2, -0.15) is 0 Å². The zero-order valence-corrected chi connectivity index (χ0v) is 19.2. The van der Waals surface area contributed by atoms with Gasteiger partial charge >= 0.3 is 5.97 Å². The van der Waals surface area contributed by atoms with Crippen molar-refractivity contribution in [1.82, 2.24) is 0 Å². The summed E-state index contributed by atoms with van der Waals surface area (Å²) in [5.41, 5.74) is 1.76. The van der Waals surface area contributed by atoms with Crippen LogP contribution in [0.4, 0.5) is 0 Å². The van der Waals surface area contributed by atoms with Crippen molar-refractivity contribution >= 4 is 32.9 Å². The molecule has 3 aromatic carbocycles. The predicted molar refractivity (Wildman–Crippen MR) is 125 cm³/mol. The molecule has 162 valence electrons. The zero-order chi connectivity index (χ0) is 22.8. The molecule has 0 radical (unpaired) electrons. The summed E-state index contributed by atoms with van der Waals surface area (Å²) in [6.45, 7) is 1.74. The van der Waals surface area contributed by atoms with Gasteiger partial charge in [0.2, 0.25) is 5.43 Å². The number of hydrogen-bond donors (Lipinski definition) is 0. The summed E-state index contributed by atoms with van der Waals surface area (Å²) in [7, 11) is 3.01. The first-order chi connectivity index (χ1) is 15.4. The summed E-state index contributed by atoms with van der Waals surface area (Å²) >= 11 is 3.40. The van der Waals surface area contributed by atoms with Crippen LogP contribution in [0.25, 0.3) is 22.1 Å². The third-order valence-electron chi connectivity index (χ3n) is 5.00. The van der Waals surface area contributed by atoms with Crippen LogP contribution in [0.3, 0.4) is 0 Å². The highest BCUT2D eigenvalue weighted by atomic mass is 79.9. The van der Waals surface area contributed by atoms with Gasteiger partial charge in [-0.3, -0.25) is 4.79 Å². The first-order valence-electron chi connectivity index (χ1n) is 9.69. The second-order valence-corrected chi connectivity index (χ2v) is 7.90. The van der Waals surface area contributed by atoms with E-state index in [1.54, 1.807) is 31.2 Å². The second-order valence-electron chi connectivity index (χ2n) is 6.99. The topological polar surface area (TPSA) is 75.0 Å². The number of methoxy groups -OCH3 is 2. The van der Waals surface area contributed by atoms with Gasteiger partial charge in [0, 0.05) is 10.5 Å². The predicted octanol–water partition coefficient (Wildman–Crippen LogP) is 5.77. The Labute approximate surface area is 192 Å². The molecule has 0 unspecified atom stereocenters. The van der Waals surface area contributed by atoms with Gasteiger partial charge in [0.05, 0.1) is 30.7 Å². The number of aryl methyl sites for hydroxylation is 1. The summed E-state index contributed by atoms with van der Waals surface area (Å²) in [5, 5.41) is 0.402. The van der Waals surface area contributed by atoms with E-state index >= 15 is 0 Å². The third kappa shape index (κ3) is 4.11. The molecule has 0 aliphatic heterocycles. The van der Waals surface area contributed by atoms with Crippen LogP contribution >= 0.6 is 15.9 Å². The van der Waals surface area contributed by atoms with Crippen molar-refractivity contribution in [3.63, 3.8) is 0 Å². The fourth-order valence-corrected chi connectivity index (χ4v) is 3.69. The molecule has 4 aromatic rings. The number of benzene rings is 3. The number of carbonyl (C=O) groups is 1. The van der Waals surface area contributed by atoms with E-state index in [-0.39, 0.29) is 11.2 Å². The minimum absolute atomic E-state index is 0.149. The fraction of sp³-hybridized carbons (Fsp3) is 0.120. The molecule has 0 bridgehead atoms. The van der Waals surface area contributed by atoms with Gasteiger partial charge < -0.3 is 18.6 Å². The van der Waals surface area contributed by atoms with Crippen molar-refractivity contribution in [3.05, 3.63) is 86.7 Å². The van der Waals surface area contributed by atoms with Crippen LogP contribution in [-0.4, -0.2) is 20.2 Å². The molecule has 0 saturated heterocycles. The number of rotatable bonds is 5. The number of carbonyl (C=O) groups excluding carboxylic acids is 1. The summed E-state index contributed by atoms with van der Waals surface area (Å²) in [4.78, 5) is 25.7. The standard InChI is InChI=1S/C25H19BrO6/c1-14-23(15-4-7-17(26)8-5-15)24(27)19-10-9-18(13-21(19)31-14)32-25(28)16-6-11-20(29-2)22(12-16)30-3/h4-13H,1-3H3. The first kappa shape index (κ1) is 21.6. The second kappa shape index (κ2) is 8.88. The molecule has 32 heavy (non-hydrogen) atoms. The summed E-state index contributed by atoms with van der Waals surface area (Å²) in [6, 6.07) is 16.9. The van der Waals surface area contributed by atoms with Gasteiger partial charge in [0.1, 0.15) is 17.1 Å². The lowest BCUT2D eigenvalue weighted by Gasteiger charge is -2.10. The highest BCUT2D eigenvalue weighted by molar-refractivity contribution is 9.10. The Morgan fingerprint density at radius 3 is 2.31 bits per heavy atom. The van der Waals surface area contributed by atoms with Crippen LogP contribution in [-0.2, 0) is 0 Å². The van der Waals surface area contributed by atoms with Crippen LogP contribution in [0.2, 0.25) is 0 Å². The number of esters is 1. The Morgan fingerprint density at radius 1 is 0.906 bits per heavy atom. The molecule has 0 saturated carbocycles. The number of hydrogen-bond acceptors (Lipinski definition) is 6. The van der Waals surface area contributed by atoms with E-state index in [2.05, 4.69) is 15.9 Å². The van der Waals surface area contributed by atoms with Crippen molar-refractivity contribution in [2.24, 2.45) is 0 Å². The molecule has 0 spiro atoms. The number of halogens is 1. The molecular formula is C25H19BrO6. The van der Waals surface area contributed by atoms with E-state index in [1.807, 2.05) is 24.3 Å². The summed E-state index contributed by atoms with van der Waals surface area (Å²) in [5.74, 6) is 1.09. The van der Waals surface area contributed by atoms with Crippen LogP contribution in [0.5, 0.6) is 17.2 Å². The average Bonchev–Trinajstić information content (AvgIpc) is 2.79. The lowest BCUT2D eigenvalue weighted by molar-refractivity contribution is 0.0734. The maximum Gasteiger partial charge on any atom is 0.343 e. The zero-order valence-electron chi connectivity index (χ0n) is 17.6. The van der Waals surface area contributed by atoms with E-state index in [1.165, 1.54) is 26.4 Å². The molecule has 1 aromatic heterocycles. The third-order valence-corrected chi connectivity index (χ3v) is 5.53. The van der Waals surface area contributed by atoms with Crippen LogP contribution in [0.15, 0.2) is 74.3 Å². The van der Waals surface area contributed by atoms with Gasteiger partial charge in [0.15, 0.2) is 11.5 Å². The Bertz CT molecular complexity index is 1370. The minimum Gasteiger partial charge on any atom is -0.493 e. The molecule has 0 amide bonds. The van der Waals surface area contributed by atoms with Gasteiger partial charge in [-0.15, -0.1) is 0 Å². The maximum absolute atomic E-state index is 13.1. The summed E-state index contributed by atoms with van der Waals surface area (Å²) in [6.07, 6.45) is 0. The highest BCUT2D eigenvalue weighted by Crippen LogP contribution is 2.30. The Kier molecular flexibility index (Phi) is 6.01. The van der Waals surface area contributed by atoms with E-state index in [4.69, 9.17) is 18.6 Å². The molecule has 1 heterocycles. The van der Waals surface area contributed by atoms with Gasteiger partial charge in [-0.1, -0.05) is 28.1 Å². The number of ether oxygens (including phenoxy) is 3. The van der Waals surface area contributed by atoms with E-state index in [9.17, 15) is 9.59 Å². The van der Waals surface area contributed by atoms with E-state index in [0.717, 1.165) is 10.0 Å². The van der Waals surface area contributed by atoms with Crippen molar-refractivity contribution in [2.45, 2.75) is 6.92 Å². The molecule has 0 fully saturated rings. The monoisotopic (exact) mass is 494 g/mol. The van der Waals surface area contributed by atoms with Crippen LogP contribution in [0.1, 0.15) is 16.1 Å². The number of fused-ring (bicyclic) bond motifs is 1. The Hall–Kier alpha value is -3.58. The van der Waals surface area contributed by atoms with Crippen molar-refractivity contribution in [3.8, 4) is 28.4 Å². The van der Waals surface area contributed by atoms with Gasteiger partial charge in [-0.05, 0) is 55.0 Å². The molecular weight excluding hydrogens is 476 g/mol. The Balaban J connectivity index is 1.67. The quantitative estimate of drug-likeness (QED) is 0.259. The van der Waals surface area contributed by atoms with Crippen molar-refractivity contribution in [1.29, 1.82) is 0 Å². The molecule has 6 nitrogen and oxygen atoms in total. The SMILES string of the molecule is COc1ccc(C(=O)Oc2ccc3c(=O)c(-c4ccc(Br)cc4)c(C)oc3c2)cc1OC. The minimum atomic E-state index is -0.573. The van der Waals surface area contributed by atoms with E-state index in [0.29, 0.717) is 39.4 Å². The summed E-state index contributed by atoms with van der Waals surface area (Å²) < 4.78 is 22.7. The maximum atomic E-state index is 13.1. The first-order valence-corrected chi connectivity index (χ1v) is 10.5. The van der Waals surface area contributed by atoms with Gasteiger partial charge in [0.25, 0.3) is 0 Å². The van der Waals surface area contributed by atoms with Crippen LogP contribution in [0, 0.1) is 6.92 Å². The molecule has 0 aliphatic rings. The van der Waals surface area contributed by atoms with Crippen LogP contribution < -0.4 is 19.6 Å². The molecule has 0 atom stereocenters. The molecule has 4 rings (SSSR count). The van der Waals surface area contributed by atoms with E-state index < -0.39 is 5.97 Å². The van der Waals surface area contributed by atoms with Crippen molar-refractivity contribution in [2.75, 3.05) is 14.2 Å². The molecule has 7 heteroatoms. The van der Waals surface area contributed by atoms with Crippen molar-refractivity contribution < 1.29 is 23.4 Å². The highest BCUT2D eigenvalue weighted by Gasteiger charge is 2.16. The fourth-order valence-electron chi connectivity index (χ4n) is 3.43. The lowest BCUT2D eigenvalue weighted by Crippen LogP contribution is -2.10. The molecule has 0 aliphatic carbocycles. The normalized spacial score (nSPS) is 10.8. The smallest absolute Gasteiger partial charge is 0.343 e. The average molecular weight is 495 g/mol. The largest absolute Gasteiger partial charge is 0.493 e.